The highest BCUT2D eigenvalue weighted by molar-refractivity contribution is 9.10. The number of hydrogen-bond donors (Lipinski definition) is 2. The summed E-state index contributed by atoms with van der Waals surface area (Å²) in [5.74, 6) is -0.903. The van der Waals surface area contributed by atoms with Gasteiger partial charge in [0.2, 0.25) is 0 Å². The van der Waals surface area contributed by atoms with E-state index in [-0.39, 0.29) is 0 Å². The predicted molar refractivity (Wildman–Crippen MR) is 84.5 cm³/mol. The van der Waals surface area contributed by atoms with Crippen LogP contribution in [0.3, 0.4) is 0 Å². The average molecular weight is 358 g/mol. The Morgan fingerprint density at radius 1 is 1.53 bits per heavy atom. The number of thioether (sulfide) groups is 1. The minimum Gasteiger partial charge on any atom is -0.478 e. The topological polar surface area (TPSA) is 49.3 Å². The number of anilines is 1. The molecule has 0 atom stereocenters. The largest absolute Gasteiger partial charge is 0.478 e. The smallest absolute Gasteiger partial charge is 0.338 e. The minimum atomic E-state index is -0.903. The number of nitrogens with one attached hydrogen (secondary N) is 1. The highest BCUT2D eigenvalue weighted by Crippen LogP contribution is 2.28. The van der Waals surface area contributed by atoms with Crippen molar-refractivity contribution in [2.24, 2.45) is 0 Å². The Labute approximate surface area is 128 Å². The van der Waals surface area contributed by atoms with Crippen LogP contribution in [0.15, 0.2) is 39.0 Å². The van der Waals surface area contributed by atoms with Crippen LogP contribution in [0.25, 0.3) is 0 Å². The van der Waals surface area contributed by atoms with Gasteiger partial charge in [0.25, 0.3) is 0 Å². The molecule has 0 spiro atoms. The molecular formula is C13H12BrNO2S2. The van der Waals surface area contributed by atoms with Crippen molar-refractivity contribution in [3.8, 4) is 0 Å². The second kappa shape index (κ2) is 6.45. The van der Waals surface area contributed by atoms with Crippen molar-refractivity contribution in [1.82, 2.24) is 0 Å². The van der Waals surface area contributed by atoms with E-state index in [0.717, 1.165) is 14.2 Å². The second-order valence-electron chi connectivity index (χ2n) is 3.77. The van der Waals surface area contributed by atoms with Crippen molar-refractivity contribution in [2.45, 2.75) is 11.4 Å². The van der Waals surface area contributed by atoms with Crippen LogP contribution in [0.5, 0.6) is 0 Å². The fourth-order valence-corrected chi connectivity index (χ4v) is 3.70. The molecule has 0 aliphatic carbocycles. The van der Waals surface area contributed by atoms with E-state index >= 15 is 0 Å². The molecule has 0 unspecified atom stereocenters. The summed E-state index contributed by atoms with van der Waals surface area (Å²) < 4.78 is 1.05. The summed E-state index contributed by atoms with van der Waals surface area (Å²) in [5.41, 5.74) is 0.995. The van der Waals surface area contributed by atoms with Gasteiger partial charge in [0.15, 0.2) is 0 Å². The number of thiophene rings is 1. The van der Waals surface area contributed by atoms with Gasteiger partial charge in [-0.1, -0.05) is 6.07 Å². The lowest BCUT2D eigenvalue weighted by atomic mass is 10.1. The molecule has 2 aromatic rings. The number of rotatable bonds is 5. The van der Waals surface area contributed by atoms with Gasteiger partial charge in [-0.3, -0.25) is 0 Å². The third kappa shape index (κ3) is 3.52. The quantitative estimate of drug-likeness (QED) is 0.771. The molecule has 0 aliphatic rings. The van der Waals surface area contributed by atoms with E-state index < -0.39 is 5.97 Å². The Hall–Kier alpha value is -0.980. The standard InChI is InChI=1S/C13H12BrNO2S2/c1-18-11-4-2-3-10(12(11)13(16)17)15-6-9-5-8(14)7-19-9/h2-5,7,15H,6H2,1H3,(H,16,17). The normalized spacial score (nSPS) is 10.4. The van der Waals surface area contributed by atoms with Crippen molar-refractivity contribution in [3.05, 3.63) is 44.6 Å². The van der Waals surface area contributed by atoms with E-state index in [1.54, 1.807) is 17.4 Å². The third-order valence-electron chi connectivity index (χ3n) is 2.53. The molecule has 1 aromatic carbocycles. The van der Waals surface area contributed by atoms with Crippen molar-refractivity contribution in [1.29, 1.82) is 0 Å². The van der Waals surface area contributed by atoms with E-state index in [9.17, 15) is 9.90 Å². The molecule has 19 heavy (non-hydrogen) atoms. The van der Waals surface area contributed by atoms with Crippen LogP contribution >= 0.6 is 39.0 Å². The summed E-state index contributed by atoms with van der Waals surface area (Å²) in [6, 6.07) is 7.51. The molecule has 2 N–H and O–H groups in total. The van der Waals surface area contributed by atoms with E-state index in [2.05, 4.69) is 21.2 Å². The van der Waals surface area contributed by atoms with Crippen LogP contribution < -0.4 is 5.32 Å². The highest BCUT2D eigenvalue weighted by atomic mass is 79.9. The first-order valence-electron chi connectivity index (χ1n) is 5.49. The number of carboxylic acids is 1. The highest BCUT2D eigenvalue weighted by Gasteiger charge is 2.14. The number of aromatic carboxylic acids is 1. The van der Waals surface area contributed by atoms with Gasteiger partial charge in [0, 0.05) is 26.2 Å². The number of benzene rings is 1. The molecule has 1 heterocycles. The van der Waals surface area contributed by atoms with Crippen molar-refractivity contribution in [3.63, 3.8) is 0 Å². The van der Waals surface area contributed by atoms with Crippen molar-refractivity contribution < 1.29 is 9.90 Å². The van der Waals surface area contributed by atoms with Gasteiger partial charge < -0.3 is 10.4 Å². The SMILES string of the molecule is CSc1cccc(NCc2cc(Br)cs2)c1C(=O)O. The maximum atomic E-state index is 11.4. The number of carboxylic acid groups (broad SMARTS) is 1. The molecule has 0 saturated heterocycles. The molecule has 6 heteroatoms. The van der Waals surface area contributed by atoms with E-state index in [4.69, 9.17) is 0 Å². The van der Waals surface area contributed by atoms with Crippen LogP contribution in [0, 0.1) is 0 Å². The van der Waals surface area contributed by atoms with Gasteiger partial charge in [0.1, 0.15) is 0 Å². The molecule has 0 amide bonds. The summed E-state index contributed by atoms with van der Waals surface area (Å²) in [5, 5.41) is 14.5. The first-order valence-corrected chi connectivity index (χ1v) is 8.38. The van der Waals surface area contributed by atoms with Crippen LogP contribution in [-0.4, -0.2) is 17.3 Å². The average Bonchev–Trinajstić information content (AvgIpc) is 2.81. The van der Waals surface area contributed by atoms with Gasteiger partial charge in [-0.15, -0.1) is 23.1 Å². The molecule has 0 fully saturated rings. The molecule has 0 radical (unpaired) electrons. The number of carbonyl (C=O) groups is 1. The molecule has 2 rings (SSSR count). The Morgan fingerprint density at radius 3 is 2.89 bits per heavy atom. The summed E-state index contributed by atoms with van der Waals surface area (Å²) in [4.78, 5) is 13.3. The van der Waals surface area contributed by atoms with Gasteiger partial charge >= 0.3 is 5.97 Å². The van der Waals surface area contributed by atoms with Gasteiger partial charge in [-0.2, -0.15) is 0 Å². The zero-order valence-electron chi connectivity index (χ0n) is 10.1. The lowest BCUT2D eigenvalue weighted by Crippen LogP contribution is -2.07. The third-order valence-corrected chi connectivity index (χ3v) is 5.01. The summed E-state index contributed by atoms with van der Waals surface area (Å²) in [6.07, 6.45) is 1.88. The zero-order chi connectivity index (χ0) is 13.8. The molecule has 100 valence electrons. The van der Waals surface area contributed by atoms with Gasteiger partial charge in [-0.25, -0.2) is 4.79 Å². The minimum absolute atomic E-state index is 0.339. The monoisotopic (exact) mass is 357 g/mol. The molecule has 1 aromatic heterocycles. The first-order chi connectivity index (χ1) is 9.11. The maximum absolute atomic E-state index is 11.4. The van der Waals surface area contributed by atoms with Crippen LogP contribution in [0.4, 0.5) is 5.69 Å². The second-order valence-corrected chi connectivity index (χ2v) is 6.53. The summed E-state index contributed by atoms with van der Waals surface area (Å²) in [7, 11) is 0. The predicted octanol–water partition coefficient (Wildman–Crippen LogP) is 4.54. The Morgan fingerprint density at radius 2 is 2.32 bits per heavy atom. The summed E-state index contributed by atoms with van der Waals surface area (Å²) in [6.45, 7) is 0.619. The number of halogens is 1. The molecule has 3 nitrogen and oxygen atoms in total. The first kappa shape index (κ1) is 14.4. The van der Waals surface area contributed by atoms with Crippen molar-refractivity contribution in [2.75, 3.05) is 11.6 Å². The van der Waals surface area contributed by atoms with E-state index in [0.29, 0.717) is 17.8 Å². The van der Waals surface area contributed by atoms with Crippen molar-refractivity contribution >= 4 is 50.7 Å². The lowest BCUT2D eigenvalue weighted by molar-refractivity contribution is 0.0694. The van der Waals surface area contributed by atoms with Crippen LogP contribution in [0.1, 0.15) is 15.2 Å². The Kier molecular flexibility index (Phi) is 4.90. The maximum Gasteiger partial charge on any atom is 0.338 e. The van der Waals surface area contributed by atoms with Crippen LogP contribution in [0.2, 0.25) is 0 Å². The van der Waals surface area contributed by atoms with Gasteiger partial charge in [-0.05, 0) is 40.4 Å². The fourth-order valence-electron chi connectivity index (χ4n) is 1.70. The van der Waals surface area contributed by atoms with Crippen LogP contribution in [-0.2, 0) is 6.54 Å². The Bertz CT molecular complexity index is 598. The van der Waals surface area contributed by atoms with E-state index in [1.165, 1.54) is 11.8 Å². The van der Waals surface area contributed by atoms with Gasteiger partial charge in [0.05, 0.1) is 11.3 Å². The number of hydrogen-bond acceptors (Lipinski definition) is 4. The zero-order valence-corrected chi connectivity index (χ0v) is 13.4. The molecule has 0 bridgehead atoms. The lowest BCUT2D eigenvalue weighted by Gasteiger charge is -2.11. The Balaban J connectivity index is 2.22. The fraction of sp³-hybridized carbons (Fsp3) is 0.154. The molecule has 0 aliphatic heterocycles. The van der Waals surface area contributed by atoms with E-state index in [1.807, 2.05) is 29.8 Å². The molecule has 0 saturated carbocycles. The summed E-state index contributed by atoms with van der Waals surface area (Å²) >= 11 is 6.47. The molecular weight excluding hydrogens is 346 g/mol.